The van der Waals surface area contributed by atoms with Gasteiger partial charge in [-0.3, -0.25) is 4.90 Å². The highest BCUT2D eigenvalue weighted by atomic mass is 32.2. The largest absolute Gasteiger partial charge is 0.616 e. The maximum atomic E-state index is 11.2. The molecule has 0 aromatic rings. The molecule has 1 rings (SSSR count). The second kappa shape index (κ2) is 8.12. The summed E-state index contributed by atoms with van der Waals surface area (Å²) in [4.78, 5) is 24.0. The zero-order valence-corrected chi connectivity index (χ0v) is 11.1. The molecule has 0 saturated carbocycles. The van der Waals surface area contributed by atoms with E-state index in [1.807, 2.05) is 0 Å². The number of carbonyl (C=O) groups excluding carboxylic acids is 2. The Balaban J connectivity index is 2.12. The van der Waals surface area contributed by atoms with Crippen molar-refractivity contribution in [3.8, 4) is 0 Å². The lowest BCUT2D eigenvalue weighted by Crippen LogP contribution is -2.41. The molecule has 0 bridgehead atoms. The Kier molecular flexibility index (Phi) is 6.77. The number of carbonyl (C=O) groups is 2. The normalized spacial score (nSPS) is 17.9. The quantitative estimate of drug-likeness (QED) is 0.376. The van der Waals surface area contributed by atoms with Crippen LogP contribution >= 0.6 is 0 Å². The Morgan fingerprint density at radius 3 is 2.50 bits per heavy atom. The molecular formula is C11H17NO5S. The molecule has 0 N–H and O–H groups in total. The van der Waals surface area contributed by atoms with Gasteiger partial charge in [0.25, 0.3) is 0 Å². The van der Waals surface area contributed by atoms with Crippen LogP contribution in [-0.2, 0) is 30.2 Å². The van der Waals surface area contributed by atoms with Crippen molar-refractivity contribution in [3.63, 3.8) is 0 Å². The van der Waals surface area contributed by atoms with Crippen LogP contribution in [0.4, 0.5) is 0 Å². The van der Waals surface area contributed by atoms with Crippen molar-refractivity contribution in [2.45, 2.75) is 0 Å². The predicted molar refractivity (Wildman–Crippen MR) is 66.4 cm³/mol. The second-order valence-corrected chi connectivity index (χ2v) is 5.41. The minimum absolute atomic E-state index is 0.261. The van der Waals surface area contributed by atoms with Gasteiger partial charge < -0.3 is 14.0 Å². The number of nitrogens with zero attached hydrogens (tertiary/aromatic N) is 1. The zero-order chi connectivity index (χ0) is 13.4. The van der Waals surface area contributed by atoms with Crippen LogP contribution in [0.3, 0.4) is 0 Å². The van der Waals surface area contributed by atoms with E-state index in [0.717, 1.165) is 25.2 Å². The first-order valence-corrected chi connectivity index (χ1v) is 7.10. The number of esters is 2. The molecule has 102 valence electrons. The van der Waals surface area contributed by atoms with E-state index in [4.69, 9.17) is 4.74 Å². The Labute approximate surface area is 109 Å². The van der Waals surface area contributed by atoms with E-state index >= 15 is 0 Å². The van der Waals surface area contributed by atoms with Crippen LogP contribution in [0.1, 0.15) is 0 Å². The molecule has 0 atom stereocenters. The van der Waals surface area contributed by atoms with Crippen LogP contribution < -0.4 is 0 Å². The van der Waals surface area contributed by atoms with Gasteiger partial charge >= 0.3 is 11.9 Å². The van der Waals surface area contributed by atoms with E-state index in [1.54, 1.807) is 0 Å². The van der Waals surface area contributed by atoms with Crippen LogP contribution in [0.5, 0.6) is 0 Å². The summed E-state index contributed by atoms with van der Waals surface area (Å²) in [7, 11) is 1.23. The molecule has 1 heterocycles. The van der Waals surface area contributed by atoms with Gasteiger partial charge in [0, 0.05) is 31.8 Å². The average molecular weight is 275 g/mol. The Bertz CT molecular complexity index is 313. The topological polar surface area (TPSA) is 78.9 Å². The first-order valence-electron chi connectivity index (χ1n) is 5.62. The van der Waals surface area contributed by atoms with E-state index in [0.29, 0.717) is 18.1 Å². The van der Waals surface area contributed by atoms with Crippen molar-refractivity contribution < 1.29 is 23.6 Å². The maximum absolute atomic E-state index is 11.2. The highest BCUT2D eigenvalue weighted by molar-refractivity contribution is 7.91. The van der Waals surface area contributed by atoms with Crippen molar-refractivity contribution in [1.82, 2.24) is 4.90 Å². The summed E-state index contributed by atoms with van der Waals surface area (Å²) in [5.41, 5.74) is 0. The van der Waals surface area contributed by atoms with Crippen LogP contribution in [0.25, 0.3) is 0 Å². The highest BCUT2D eigenvalue weighted by Gasteiger charge is 2.18. The number of hydrogen-bond donors (Lipinski definition) is 0. The monoisotopic (exact) mass is 275 g/mol. The van der Waals surface area contributed by atoms with Gasteiger partial charge in [-0.1, -0.05) is 11.2 Å². The summed E-state index contributed by atoms with van der Waals surface area (Å²) < 4.78 is 20.4. The van der Waals surface area contributed by atoms with E-state index in [9.17, 15) is 14.1 Å². The Hall–Kier alpha value is -1.05. The molecule has 0 amide bonds. The molecule has 6 nitrogen and oxygen atoms in total. The number of hydrogen-bond acceptors (Lipinski definition) is 6. The Morgan fingerprint density at radius 2 is 1.89 bits per heavy atom. The minimum Gasteiger partial charge on any atom is -0.616 e. The van der Waals surface area contributed by atoms with Gasteiger partial charge in [0.1, 0.15) is 18.1 Å². The number of ether oxygens (including phenoxy) is 2. The third-order valence-electron chi connectivity index (χ3n) is 2.48. The van der Waals surface area contributed by atoms with Crippen LogP contribution in [0, 0.1) is 0 Å². The van der Waals surface area contributed by atoms with Gasteiger partial charge in [0.05, 0.1) is 7.11 Å². The number of methoxy groups -OCH3 is 1. The van der Waals surface area contributed by atoms with E-state index in [-0.39, 0.29) is 6.61 Å². The molecule has 0 aromatic heterocycles. The molecular weight excluding hydrogens is 258 g/mol. The molecule has 7 heteroatoms. The molecule has 18 heavy (non-hydrogen) atoms. The lowest BCUT2D eigenvalue weighted by Gasteiger charge is -2.27. The zero-order valence-electron chi connectivity index (χ0n) is 10.3. The van der Waals surface area contributed by atoms with Gasteiger partial charge in [0.15, 0.2) is 0 Å². The van der Waals surface area contributed by atoms with Crippen LogP contribution in [0.2, 0.25) is 0 Å². The van der Waals surface area contributed by atoms with Gasteiger partial charge in [-0.2, -0.15) is 0 Å². The van der Waals surface area contributed by atoms with Crippen molar-refractivity contribution in [1.29, 1.82) is 0 Å². The van der Waals surface area contributed by atoms with Crippen molar-refractivity contribution in [2.75, 3.05) is 44.9 Å². The average Bonchev–Trinajstić information content (AvgIpc) is 2.38. The predicted octanol–water partition coefficient (Wildman–Crippen LogP) is -0.677. The summed E-state index contributed by atoms with van der Waals surface area (Å²) in [6.45, 7) is 2.41. The SMILES string of the molecule is COC(=O)/C=C/C(=O)OCCN1CC[S+]([O-])CC1. The van der Waals surface area contributed by atoms with Gasteiger partial charge in [-0.25, -0.2) is 9.59 Å². The van der Waals surface area contributed by atoms with Gasteiger partial charge in [-0.05, 0) is 0 Å². The summed E-state index contributed by atoms with van der Waals surface area (Å²) in [6.07, 6.45) is 2.06. The molecule has 1 saturated heterocycles. The third kappa shape index (κ3) is 6.04. The third-order valence-corrected chi connectivity index (χ3v) is 3.75. The van der Waals surface area contributed by atoms with Crippen LogP contribution in [0.15, 0.2) is 12.2 Å². The van der Waals surface area contributed by atoms with E-state index in [1.165, 1.54) is 7.11 Å². The molecule has 0 spiro atoms. The fourth-order valence-electron chi connectivity index (χ4n) is 1.43. The molecule has 0 aliphatic carbocycles. The molecule has 0 radical (unpaired) electrons. The lowest BCUT2D eigenvalue weighted by molar-refractivity contribution is -0.139. The van der Waals surface area contributed by atoms with Crippen LogP contribution in [-0.4, -0.2) is 66.2 Å². The lowest BCUT2D eigenvalue weighted by atomic mass is 10.4. The highest BCUT2D eigenvalue weighted by Crippen LogP contribution is 2.02. The Morgan fingerprint density at radius 1 is 1.28 bits per heavy atom. The first-order chi connectivity index (χ1) is 8.61. The molecule has 0 unspecified atom stereocenters. The van der Waals surface area contributed by atoms with Gasteiger partial charge in [-0.15, -0.1) is 0 Å². The fourth-order valence-corrected chi connectivity index (χ4v) is 2.55. The molecule has 1 aliphatic heterocycles. The second-order valence-electron chi connectivity index (χ2n) is 3.71. The number of rotatable bonds is 5. The maximum Gasteiger partial charge on any atom is 0.331 e. The minimum atomic E-state index is -0.697. The molecule has 1 aliphatic rings. The van der Waals surface area contributed by atoms with Crippen molar-refractivity contribution in [3.05, 3.63) is 12.2 Å². The summed E-state index contributed by atoms with van der Waals surface area (Å²) in [6, 6.07) is 0. The first kappa shape index (κ1) is 15.0. The van der Waals surface area contributed by atoms with Crippen molar-refractivity contribution in [2.24, 2.45) is 0 Å². The molecule has 0 aromatic carbocycles. The van der Waals surface area contributed by atoms with E-state index < -0.39 is 23.1 Å². The summed E-state index contributed by atoms with van der Waals surface area (Å²) >= 11 is -0.697. The summed E-state index contributed by atoms with van der Waals surface area (Å²) in [5, 5.41) is 0. The van der Waals surface area contributed by atoms with E-state index in [2.05, 4.69) is 9.64 Å². The summed E-state index contributed by atoms with van der Waals surface area (Å²) in [5.74, 6) is 0.193. The fraction of sp³-hybridized carbons (Fsp3) is 0.636. The standard InChI is InChI=1S/C11H17NO5S/c1-16-10(13)2-3-11(14)17-7-4-12-5-8-18(15)9-6-12/h2-3H,4-9H2,1H3/b3-2+. The van der Waals surface area contributed by atoms with Gasteiger partial charge in [0.2, 0.25) is 0 Å². The van der Waals surface area contributed by atoms with Crippen molar-refractivity contribution >= 4 is 23.1 Å². The molecule has 1 fully saturated rings. The smallest absolute Gasteiger partial charge is 0.331 e.